The van der Waals surface area contributed by atoms with E-state index in [0.29, 0.717) is 6.42 Å². The molecule has 0 spiro atoms. The predicted octanol–water partition coefficient (Wildman–Crippen LogP) is 2.39. The zero-order valence-electron chi connectivity index (χ0n) is 8.64. The molecule has 76 valence electrons. The quantitative estimate of drug-likeness (QED) is 0.669. The van der Waals surface area contributed by atoms with Gasteiger partial charge in [0.25, 0.3) is 0 Å². The Bertz CT molecular complexity index is 269. The molecule has 0 saturated carbocycles. The van der Waals surface area contributed by atoms with E-state index in [4.69, 9.17) is 4.74 Å². The monoisotopic (exact) mass is 192 g/mol. The first-order chi connectivity index (χ1) is 6.79. The van der Waals surface area contributed by atoms with Crippen molar-refractivity contribution in [1.82, 2.24) is 0 Å². The van der Waals surface area contributed by atoms with E-state index in [1.807, 2.05) is 37.3 Å². The molecule has 2 nitrogen and oxygen atoms in total. The summed E-state index contributed by atoms with van der Waals surface area (Å²) in [5.41, 5.74) is 1.16. The molecule has 0 aliphatic carbocycles. The highest BCUT2D eigenvalue weighted by Crippen LogP contribution is 2.23. The third kappa shape index (κ3) is 2.67. The molecule has 2 atom stereocenters. The molecule has 2 unspecified atom stereocenters. The minimum absolute atomic E-state index is 0.0719. The van der Waals surface area contributed by atoms with Gasteiger partial charge >= 0.3 is 0 Å². The molecule has 2 heteroatoms. The Morgan fingerprint density at radius 1 is 1.36 bits per heavy atom. The van der Waals surface area contributed by atoms with Crippen LogP contribution >= 0.6 is 0 Å². The molecular formula is C12H16O2. The fraction of sp³-hybridized carbons (Fsp3) is 0.417. The van der Waals surface area contributed by atoms with Gasteiger partial charge in [-0.15, -0.1) is 0 Å². The Morgan fingerprint density at radius 2 is 2.00 bits per heavy atom. The Morgan fingerprint density at radius 3 is 2.50 bits per heavy atom. The number of methoxy groups -OCH3 is 1. The molecule has 0 fully saturated rings. The first-order valence-electron chi connectivity index (χ1n) is 4.81. The number of carbonyl (C=O) groups excluding carboxylic acids is 1. The van der Waals surface area contributed by atoms with Crippen LogP contribution in [0.1, 0.15) is 24.8 Å². The molecule has 0 radical (unpaired) electrons. The van der Waals surface area contributed by atoms with Gasteiger partial charge in [-0.2, -0.15) is 0 Å². The van der Waals surface area contributed by atoms with Gasteiger partial charge < -0.3 is 9.53 Å². The van der Waals surface area contributed by atoms with Crippen molar-refractivity contribution in [2.24, 2.45) is 0 Å². The highest BCUT2D eigenvalue weighted by atomic mass is 16.5. The van der Waals surface area contributed by atoms with Crippen LogP contribution in [0.3, 0.4) is 0 Å². The zero-order chi connectivity index (χ0) is 10.4. The van der Waals surface area contributed by atoms with Crippen molar-refractivity contribution >= 4 is 6.29 Å². The maximum atomic E-state index is 10.6. The molecule has 0 aromatic heterocycles. The van der Waals surface area contributed by atoms with E-state index in [9.17, 15) is 4.79 Å². The van der Waals surface area contributed by atoms with Gasteiger partial charge in [0, 0.05) is 19.4 Å². The van der Waals surface area contributed by atoms with Crippen LogP contribution in [0, 0.1) is 0 Å². The van der Waals surface area contributed by atoms with Crippen LogP contribution in [-0.2, 0) is 9.53 Å². The number of hydrogen-bond donors (Lipinski definition) is 0. The normalized spacial score (nSPS) is 14.7. The van der Waals surface area contributed by atoms with E-state index in [1.54, 1.807) is 7.11 Å². The summed E-state index contributed by atoms with van der Waals surface area (Å²) in [6.45, 7) is 1.99. The van der Waals surface area contributed by atoms with Gasteiger partial charge in [-0.25, -0.2) is 0 Å². The summed E-state index contributed by atoms with van der Waals surface area (Å²) in [4.78, 5) is 10.6. The van der Waals surface area contributed by atoms with E-state index in [2.05, 4.69) is 0 Å². The Hall–Kier alpha value is -1.15. The van der Waals surface area contributed by atoms with E-state index < -0.39 is 0 Å². The van der Waals surface area contributed by atoms with Gasteiger partial charge in [0.15, 0.2) is 0 Å². The first-order valence-corrected chi connectivity index (χ1v) is 4.81. The Labute approximate surface area is 84.9 Å². The number of aldehydes is 1. The molecule has 0 amide bonds. The Balaban J connectivity index is 2.82. The minimum Gasteiger partial charge on any atom is -0.381 e. The van der Waals surface area contributed by atoms with E-state index in [0.717, 1.165) is 11.8 Å². The van der Waals surface area contributed by atoms with Crippen LogP contribution in [0.25, 0.3) is 0 Å². The van der Waals surface area contributed by atoms with Crippen LogP contribution in [0.5, 0.6) is 0 Å². The van der Waals surface area contributed by atoms with E-state index in [1.165, 1.54) is 0 Å². The van der Waals surface area contributed by atoms with Crippen LogP contribution in [0.4, 0.5) is 0 Å². The van der Waals surface area contributed by atoms with E-state index in [-0.39, 0.29) is 12.0 Å². The maximum Gasteiger partial charge on any atom is 0.120 e. The van der Waals surface area contributed by atoms with Crippen molar-refractivity contribution in [1.29, 1.82) is 0 Å². The summed E-state index contributed by atoms with van der Waals surface area (Å²) in [5.74, 6) is 0.165. The largest absolute Gasteiger partial charge is 0.381 e. The molecular weight excluding hydrogens is 176 g/mol. The average molecular weight is 192 g/mol. The summed E-state index contributed by atoms with van der Waals surface area (Å²) in [6, 6.07) is 10.00. The van der Waals surface area contributed by atoms with Gasteiger partial charge in [-0.05, 0) is 12.5 Å². The fourth-order valence-corrected chi connectivity index (χ4v) is 1.57. The van der Waals surface area contributed by atoms with Crippen molar-refractivity contribution < 1.29 is 9.53 Å². The van der Waals surface area contributed by atoms with Crippen molar-refractivity contribution in [2.75, 3.05) is 7.11 Å². The standard InChI is InChI=1S/C12H16O2/c1-10(14-2)12(8-9-13)11-6-4-3-5-7-11/h3-7,9-10,12H,8H2,1-2H3. The predicted molar refractivity (Wildman–Crippen MR) is 56.3 cm³/mol. The summed E-state index contributed by atoms with van der Waals surface area (Å²) >= 11 is 0. The summed E-state index contributed by atoms with van der Waals surface area (Å²) < 4.78 is 5.26. The third-order valence-corrected chi connectivity index (χ3v) is 2.52. The fourth-order valence-electron chi connectivity index (χ4n) is 1.57. The van der Waals surface area contributed by atoms with Gasteiger partial charge in [-0.3, -0.25) is 0 Å². The second kappa shape index (κ2) is 5.55. The Kier molecular flexibility index (Phi) is 4.33. The van der Waals surface area contributed by atoms with Crippen molar-refractivity contribution in [3.8, 4) is 0 Å². The molecule has 0 heterocycles. The third-order valence-electron chi connectivity index (χ3n) is 2.52. The molecule has 0 bridgehead atoms. The topological polar surface area (TPSA) is 26.3 Å². The zero-order valence-corrected chi connectivity index (χ0v) is 8.64. The van der Waals surface area contributed by atoms with Crippen LogP contribution in [0.15, 0.2) is 30.3 Å². The summed E-state index contributed by atoms with van der Waals surface area (Å²) in [6.07, 6.45) is 1.54. The molecule has 1 aromatic rings. The van der Waals surface area contributed by atoms with Crippen LogP contribution in [0.2, 0.25) is 0 Å². The number of rotatable bonds is 5. The lowest BCUT2D eigenvalue weighted by Gasteiger charge is -2.21. The number of hydrogen-bond acceptors (Lipinski definition) is 2. The second-order valence-corrected chi connectivity index (χ2v) is 3.36. The molecule has 0 aliphatic rings. The molecule has 0 N–H and O–H groups in total. The van der Waals surface area contributed by atoms with Gasteiger partial charge in [-0.1, -0.05) is 30.3 Å². The summed E-state index contributed by atoms with van der Waals surface area (Å²) in [5, 5.41) is 0. The van der Waals surface area contributed by atoms with Crippen molar-refractivity contribution in [3.63, 3.8) is 0 Å². The van der Waals surface area contributed by atoms with Crippen LogP contribution in [-0.4, -0.2) is 19.5 Å². The average Bonchev–Trinajstić information content (AvgIpc) is 2.26. The van der Waals surface area contributed by atoms with Gasteiger partial charge in [0.05, 0.1) is 6.10 Å². The SMILES string of the molecule is COC(C)C(CC=O)c1ccccc1. The minimum atomic E-state index is 0.0719. The highest BCUT2D eigenvalue weighted by molar-refractivity contribution is 5.52. The van der Waals surface area contributed by atoms with Crippen LogP contribution < -0.4 is 0 Å². The lowest BCUT2D eigenvalue weighted by atomic mass is 9.92. The lowest BCUT2D eigenvalue weighted by Crippen LogP contribution is -2.17. The molecule has 1 aromatic carbocycles. The number of carbonyl (C=O) groups is 1. The highest BCUT2D eigenvalue weighted by Gasteiger charge is 2.17. The molecule has 0 saturated heterocycles. The van der Waals surface area contributed by atoms with E-state index >= 15 is 0 Å². The van der Waals surface area contributed by atoms with Gasteiger partial charge in [0.1, 0.15) is 6.29 Å². The smallest absolute Gasteiger partial charge is 0.120 e. The first kappa shape index (κ1) is 10.9. The molecule has 0 aliphatic heterocycles. The number of benzene rings is 1. The van der Waals surface area contributed by atoms with Crippen molar-refractivity contribution in [2.45, 2.75) is 25.4 Å². The second-order valence-electron chi connectivity index (χ2n) is 3.36. The lowest BCUT2D eigenvalue weighted by molar-refractivity contribution is -0.108. The van der Waals surface area contributed by atoms with Gasteiger partial charge in [0.2, 0.25) is 0 Å². The number of ether oxygens (including phenoxy) is 1. The molecule has 14 heavy (non-hydrogen) atoms. The molecule has 1 rings (SSSR count). The van der Waals surface area contributed by atoms with Crippen molar-refractivity contribution in [3.05, 3.63) is 35.9 Å². The summed E-state index contributed by atoms with van der Waals surface area (Å²) in [7, 11) is 1.67. The maximum absolute atomic E-state index is 10.6.